The summed E-state index contributed by atoms with van der Waals surface area (Å²) in [5.41, 5.74) is 8.20. The van der Waals surface area contributed by atoms with Crippen molar-refractivity contribution in [2.24, 2.45) is 11.7 Å². The van der Waals surface area contributed by atoms with Crippen LogP contribution >= 0.6 is 0 Å². The molecule has 0 amide bonds. The van der Waals surface area contributed by atoms with Gasteiger partial charge in [0.25, 0.3) is 0 Å². The molecule has 0 spiro atoms. The van der Waals surface area contributed by atoms with Crippen molar-refractivity contribution in [1.82, 2.24) is 0 Å². The summed E-state index contributed by atoms with van der Waals surface area (Å²) in [4.78, 5) is 2.47. The van der Waals surface area contributed by atoms with E-state index >= 15 is 0 Å². The summed E-state index contributed by atoms with van der Waals surface area (Å²) in [7, 11) is 0. The Hall–Kier alpha value is -1.22. The van der Waals surface area contributed by atoms with Crippen molar-refractivity contribution in [1.29, 1.82) is 0 Å². The first kappa shape index (κ1) is 15.2. The molecule has 0 aliphatic carbocycles. The predicted molar refractivity (Wildman–Crippen MR) is 85.6 cm³/mol. The third kappa shape index (κ3) is 3.26. The predicted octanol–water partition coefficient (Wildman–Crippen LogP) is 3.21. The lowest BCUT2D eigenvalue weighted by molar-refractivity contribution is 0.143. The molecule has 1 aliphatic rings. The smallest absolute Gasteiger partial charge is 0.143 e. The molecule has 2 N–H and O–H groups in total. The van der Waals surface area contributed by atoms with Crippen LogP contribution in [0.25, 0.3) is 0 Å². The van der Waals surface area contributed by atoms with Crippen LogP contribution < -0.4 is 15.4 Å². The van der Waals surface area contributed by atoms with Crippen LogP contribution in [-0.2, 0) is 6.42 Å². The zero-order valence-electron chi connectivity index (χ0n) is 13.2. The summed E-state index contributed by atoms with van der Waals surface area (Å²) in [5, 5.41) is 0. The third-order valence-corrected chi connectivity index (χ3v) is 4.02. The second-order valence-corrected chi connectivity index (χ2v) is 6.34. The van der Waals surface area contributed by atoms with Crippen LogP contribution in [0.15, 0.2) is 18.2 Å². The zero-order chi connectivity index (χ0) is 14.7. The van der Waals surface area contributed by atoms with Crippen LogP contribution in [-0.4, -0.2) is 25.2 Å². The highest BCUT2D eigenvalue weighted by molar-refractivity contribution is 5.62. The molecule has 1 aromatic rings. The molecule has 1 aliphatic heterocycles. The monoisotopic (exact) mass is 276 g/mol. The lowest BCUT2D eigenvalue weighted by atomic mass is 10.0. The van der Waals surface area contributed by atoms with Gasteiger partial charge in [-0.2, -0.15) is 0 Å². The number of benzene rings is 1. The molecule has 1 aromatic carbocycles. The van der Waals surface area contributed by atoms with Crippen molar-refractivity contribution in [2.75, 3.05) is 18.0 Å². The molecule has 2 rings (SSSR count). The van der Waals surface area contributed by atoms with E-state index in [-0.39, 0.29) is 6.10 Å². The highest BCUT2D eigenvalue weighted by Crippen LogP contribution is 2.37. The molecule has 1 heterocycles. The van der Waals surface area contributed by atoms with Crippen molar-refractivity contribution in [3.05, 3.63) is 23.8 Å². The van der Waals surface area contributed by atoms with Gasteiger partial charge in [0.05, 0.1) is 12.2 Å². The van der Waals surface area contributed by atoms with E-state index in [1.165, 1.54) is 11.3 Å². The molecular weight excluding hydrogens is 248 g/mol. The number of anilines is 1. The van der Waals surface area contributed by atoms with E-state index < -0.39 is 0 Å². The van der Waals surface area contributed by atoms with E-state index in [0.29, 0.717) is 12.0 Å². The van der Waals surface area contributed by atoms with Crippen LogP contribution in [0.2, 0.25) is 0 Å². The number of hydrogen-bond donors (Lipinski definition) is 1. The Morgan fingerprint density at radius 3 is 2.65 bits per heavy atom. The Kier molecular flexibility index (Phi) is 4.92. The topological polar surface area (TPSA) is 38.5 Å². The van der Waals surface area contributed by atoms with Gasteiger partial charge in [-0.15, -0.1) is 0 Å². The number of ether oxygens (including phenoxy) is 1. The molecule has 1 atom stereocenters. The van der Waals surface area contributed by atoms with Gasteiger partial charge in [-0.25, -0.2) is 0 Å². The third-order valence-electron chi connectivity index (χ3n) is 4.02. The summed E-state index contributed by atoms with van der Waals surface area (Å²) in [5.74, 6) is 1.56. The SMILES string of the molecule is CC(C)C1CN(C(C)C)c2cc(CCCN)ccc2O1. The average molecular weight is 276 g/mol. The number of nitrogens with zero attached hydrogens (tertiary/aromatic N) is 1. The second-order valence-electron chi connectivity index (χ2n) is 6.34. The highest BCUT2D eigenvalue weighted by atomic mass is 16.5. The van der Waals surface area contributed by atoms with Gasteiger partial charge in [-0.05, 0) is 56.8 Å². The van der Waals surface area contributed by atoms with Gasteiger partial charge >= 0.3 is 0 Å². The fourth-order valence-corrected chi connectivity index (χ4v) is 2.68. The molecule has 3 heteroatoms. The quantitative estimate of drug-likeness (QED) is 0.897. The lowest BCUT2D eigenvalue weighted by Crippen LogP contribution is -2.45. The fraction of sp³-hybridized carbons (Fsp3) is 0.647. The van der Waals surface area contributed by atoms with Crippen molar-refractivity contribution in [2.45, 2.75) is 52.7 Å². The van der Waals surface area contributed by atoms with Crippen LogP contribution in [0.1, 0.15) is 39.7 Å². The first-order valence-electron chi connectivity index (χ1n) is 7.79. The van der Waals surface area contributed by atoms with Gasteiger partial charge in [-0.1, -0.05) is 19.9 Å². The van der Waals surface area contributed by atoms with Gasteiger partial charge in [-0.3, -0.25) is 0 Å². The standard InChI is InChI=1S/C17H28N2O/c1-12(2)17-11-19(13(3)4)15-10-14(6-5-9-18)7-8-16(15)20-17/h7-8,10,12-13,17H,5-6,9,11,18H2,1-4H3. The minimum absolute atomic E-state index is 0.278. The number of rotatable bonds is 5. The minimum atomic E-state index is 0.278. The number of hydrogen-bond acceptors (Lipinski definition) is 3. The van der Waals surface area contributed by atoms with Gasteiger partial charge < -0.3 is 15.4 Å². The first-order chi connectivity index (χ1) is 9.52. The van der Waals surface area contributed by atoms with Crippen molar-refractivity contribution >= 4 is 5.69 Å². The molecule has 20 heavy (non-hydrogen) atoms. The molecular formula is C17H28N2O. The maximum Gasteiger partial charge on any atom is 0.143 e. The van der Waals surface area contributed by atoms with E-state index in [0.717, 1.165) is 31.7 Å². The summed E-state index contributed by atoms with van der Waals surface area (Å²) < 4.78 is 6.17. The largest absolute Gasteiger partial charge is 0.486 e. The van der Waals surface area contributed by atoms with Crippen molar-refractivity contribution < 1.29 is 4.74 Å². The Bertz CT molecular complexity index is 443. The summed E-state index contributed by atoms with van der Waals surface area (Å²) in [6.45, 7) is 10.7. The van der Waals surface area contributed by atoms with E-state index in [2.05, 4.69) is 50.8 Å². The summed E-state index contributed by atoms with van der Waals surface area (Å²) >= 11 is 0. The number of fused-ring (bicyclic) bond motifs is 1. The lowest BCUT2D eigenvalue weighted by Gasteiger charge is -2.40. The Morgan fingerprint density at radius 1 is 1.30 bits per heavy atom. The minimum Gasteiger partial charge on any atom is -0.486 e. The average Bonchev–Trinajstić information content (AvgIpc) is 2.43. The van der Waals surface area contributed by atoms with Crippen LogP contribution in [0.4, 0.5) is 5.69 Å². The molecule has 112 valence electrons. The van der Waals surface area contributed by atoms with Crippen LogP contribution in [0, 0.1) is 5.92 Å². The Morgan fingerprint density at radius 2 is 2.05 bits per heavy atom. The van der Waals surface area contributed by atoms with Crippen LogP contribution in [0.3, 0.4) is 0 Å². The molecule has 3 nitrogen and oxygen atoms in total. The normalized spacial score (nSPS) is 18.4. The number of nitrogens with two attached hydrogens (primary N) is 1. The van der Waals surface area contributed by atoms with E-state index in [9.17, 15) is 0 Å². The molecule has 0 fully saturated rings. The van der Waals surface area contributed by atoms with Crippen molar-refractivity contribution in [3.63, 3.8) is 0 Å². The Balaban J connectivity index is 2.28. The van der Waals surface area contributed by atoms with Gasteiger partial charge in [0.15, 0.2) is 0 Å². The molecule has 0 bridgehead atoms. The van der Waals surface area contributed by atoms with Crippen molar-refractivity contribution in [3.8, 4) is 5.75 Å². The summed E-state index contributed by atoms with van der Waals surface area (Å²) in [6.07, 6.45) is 2.36. The molecule has 0 saturated carbocycles. The van der Waals surface area contributed by atoms with E-state index in [4.69, 9.17) is 10.5 Å². The fourth-order valence-electron chi connectivity index (χ4n) is 2.68. The van der Waals surface area contributed by atoms with Gasteiger partial charge in [0, 0.05) is 6.04 Å². The maximum atomic E-state index is 6.17. The van der Waals surface area contributed by atoms with E-state index in [1.54, 1.807) is 0 Å². The molecule has 0 aromatic heterocycles. The number of aryl methyl sites for hydroxylation is 1. The molecule has 1 unspecified atom stereocenters. The van der Waals surface area contributed by atoms with Gasteiger partial charge in [0.2, 0.25) is 0 Å². The first-order valence-corrected chi connectivity index (χ1v) is 7.79. The highest BCUT2D eigenvalue weighted by Gasteiger charge is 2.29. The summed E-state index contributed by atoms with van der Waals surface area (Å²) in [6, 6.07) is 7.08. The Labute approximate surface area is 123 Å². The second kappa shape index (κ2) is 6.49. The van der Waals surface area contributed by atoms with E-state index in [1.807, 2.05) is 0 Å². The molecule has 0 radical (unpaired) electrons. The molecule has 0 saturated heterocycles. The van der Waals surface area contributed by atoms with Crippen LogP contribution in [0.5, 0.6) is 5.75 Å². The zero-order valence-corrected chi connectivity index (χ0v) is 13.2. The van der Waals surface area contributed by atoms with Gasteiger partial charge in [0.1, 0.15) is 11.9 Å². The maximum absolute atomic E-state index is 6.17.